The van der Waals surface area contributed by atoms with Gasteiger partial charge in [0.1, 0.15) is 30.0 Å². The summed E-state index contributed by atoms with van der Waals surface area (Å²) >= 11 is 0. The van der Waals surface area contributed by atoms with Gasteiger partial charge in [-0.1, -0.05) is 18.1 Å². The first-order valence-electron chi connectivity index (χ1n) is 13.0. The van der Waals surface area contributed by atoms with E-state index in [1.165, 1.54) is 6.20 Å². The highest BCUT2D eigenvalue weighted by Gasteiger charge is 2.32. The molecule has 0 unspecified atom stereocenters. The maximum absolute atomic E-state index is 12.8. The Kier molecular flexibility index (Phi) is 7.56. The minimum atomic E-state index is -0.278. The number of methoxy groups -OCH3 is 1. The highest BCUT2D eigenvalue weighted by molar-refractivity contribution is 5.85. The predicted molar refractivity (Wildman–Crippen MR) is 152 cm³/mol. The maximum atomic E-state index is 12.8. The predicted octanol–water partition coefficient (Wildman–Crippen LogP) is 4.01. The number of amides is 1. The van der Waals surface area contributed by atoms with Gasteiger partial charge in [-0.05, 0) is 55.7 Å². The number of carbonyl (C=O) groups excluding carboxylic acids is 1. The summed E-state index contributed by atoms with van der Waals surface area (Å²) in [5, 5.41) is 17.1. The number of aromatic nitrogens is 3. The number of fused-ring (bicyclic) bond motifs is 1. The van der Waals surface area contributed by atoms with Crippen molar-refractivity contribution in [1.29, 1.82) is 5.26 Å². The first-order chi connectivity index (χ1) is 19.4. The Labute approximate surface area is 233 Å². The molecule has 0 bridgehead atoms. The molecule has 4 aromatic rings. The third kappa shape index (κ3) is 5.69. The fourth-order valence-corrected chi connectivity index (χ4v) is 5.00. The SMILES string of the molecule is C#CCOc1cc(-c2ccc(N3CCC(C)(NC(=O)Cc4ccc(OC)cc4)CC3)nc2)c2c(C#N)cnn2c1. The average molecular weight is 535 g/mol. The summed E-state index contributed by atoms with van der Waals surface area (Å²) in [6.45, 7) is 3.77. The number of pyridine rings is 2. The van der Waals surface area contributed by atoms with Crippen LogP contribution in [0.3, 0.4) is 0 Å². The molecule has 0 radical (unpaired) electrons. The second-order valence-corrected chi connectivity index (χ2v) is 10.1. The molecule has 1 amide bonds. The molecular weight excluding hydrogens is 504 g/mol. The summed E-state index contributed by atoms with van der Waals surface area (Å²) in [6, 6.07) is 15.6. The third-order valence-corrected chi connectivity index (χ3v) is 7.24. The maximum Gasteiger partial charge on any atom is 0.224 e. The first kappa shape index (κ1) is 26.6. The fraction of sp³-hybridized carbons (Fsp3) is 0.290. The lowest BCUT2D eigenvalue weighted by Gasteiger charge is -2.40. The number of anilines is 1. The number of rotatable bonds is 8. The van der Waals surface area contributed by atoms with Crippen molar-refractivity contribution in [2.24, 2.45) is 0 Å². The van der Waals surface area contributed by atoms with E-state index >= 15 is 0 Å². The Balaban J connectivity index is 1.25. The topological polar surface area (TPSA) is 105 Å². The molecule has 1 aliphatic rings. The van der Waals surface area contributed by atoms with Gasteiger partial charge in [-0.15, -0.1) is 6.42 Å². The average Bonchev–Trinajstić information content (AvgIpc) is 3.39. The summed E-state index contributed by atoms with van der Waals surface area (Å²) in [5.41, 5.74) is 3.45. The van der Waals surface area contributed by atoms with Gasteiger partial charge >= 0.3 is 0 Å². The number of terminal acetylenes is 1. The quantitative estimate of drug-likeness (QED) is 0.341. The lowest BCUT2D eigenvalue weighted by atomic mass is 9.89. The van der Waals surface area contributed by atoms with Crippen LogP contribution in [0, 0.1) is 23.7 Å². The molecule has 0 atom stereocenters. The van der Waals surface area contributed by atoms with E-state index in [4.69, 9.17) is 20.9 Å². The van der Waals surface area contributed by atoms with E-state index in [0.29, 0.717) is 23.3 Å². The van der Waals surface area contributed by atoms with E-state index in [1.54, 1.807) is 24.0 Å². The molecule has 0 saturated carbocycles. The zero-order valence-electron chi connectivity index (χ0n) is 22.6. The van der Waals surface area contributed by atoms with Crippen LogP contribution in [-0.4, -0.2) is 52.9 Å². The van der Waals surface area contributed by atoms with Crippen molar-refractivity contribution in [3.8, 4) is 41.0 Å². The summed E-state index contributed by atoms with van der Waals surface area (Å²) in [5.74, 6) is 4.67. The molecule has 4 heterocycles. The molecule has 5 rings (SSSR count). The summed E-state index contributed by atoms with van der Waals surface area (Å²) < 4.78 is 12.5. The number of benzene rings is 1. The summed E-state index contributed by atoms with van der Waals surface area (Å²) in [6.07, 6.45) is 12.3. The second-order valence-electron chi connectivity index (χ2n) is 10.1. The molecule has 9 nitrogen and oxygen atoms in total. The van der Waals surface area contributed by atoms with E-state index < -0.39 is 0 Å². The van der Waals surface area contributed by atoms with Gasteiger partial charge in [0, 0.05) is 36.0 Å². The number of nitrogens with zero attached hydrogens (tertiary/aromatic N) is 5. The molecule has 0 aliphatic carbocycles. The molecule has 3 aromatic heterocycles. The van der Waals surface area contributed by atoms with Crippen LogP contribution < -0.4 is 19.7 Å². The Bertz CT molecular complexity index is 1590. The molecule has 0 spiro atoms. The summed E-state index contributed by atoms with van der Waals surface area (Å²) in [4.78, 5) is 19.7. The van der Waals surface area contributed by atoms with E-state index in [2.05, 4.69) is 34.2 Å². The number of nitriles is 1. The van der Waals surface area contributed by atoms with Gasteiger partial charge in [-0.3, -0.25) is 4.79 Å². The standard InChI is InChI=1S/C31H30N6O3/c1-4-15-40-26-17-27(30-24(18-32)20-34-37(30)21-26)23-7-10-28(33-19-23)36-13-11-31(2,12-14-36)35-29(38)16-22-5-8-25(39-3)9-6-22/h1,5-10,17,19-21H,11-16H2,2-3H3,(H,35,38). The van der Waals surface area contributed by atoms with Crippen LogP contribution in [0.1, 0.15) is 30.9 Å². The summed E-state index contributed by atoms with van der Waals surface area (Å²) in [7, 11) is 1.63. The highest BCUT2D eigenvalue weighted by atomic mass is 16.5. The van der Waals surface area contributed by atoms with Crippen LogP contribution in [0.4, 0.5) is 5.82 Å². The van der Waals surface area contributed by atoms with Crippen molar-refractivity contribution in [2.75, 3.05) is 31.7 Å². The minimum absolute atomic E-state index is 0.0139. The molecular formula is C31H30N6O3. The van der Waals surface area contributed by atoms with Crippen molar-refractivity contribution < 1.29 is 14.3 Å². The van der Waals surface area contributed by atoms with Gasteiger partial charge in [0.2, 0.25) is 5.91 Å². The van der Waals surface area contributed by atoms with Gasteiger partial charge in [0.15, 0.2) is 0 Å². The number of ether oxygens (including phenoxy) is 2. The van der Waals surface area contributed by atoms with Crippen LogP contribution in [0.2, 0.25) is 0 Å². The van der Waals surface area contributed by atoms with E-state index in [-0.39, 0.29) is 18.1 Å². The van der Waals surface area contributed by atoms with Gasteiger partial charge in [-0.25, -0.2) is 9.50 Å². The smallest absolute Gasteiger partial charge is 0.224 e. The van der Waals surface area contributed by atoms with Gasteiger partial charge in [0.05, 0.1) is 37.0 Å². The molecule has 1 fully saturated rings. The lowest BCUT2D eigenvalue weighted by molar-refractivity contribution is -0.122. The monoisotopic (exact) mass is 534 g/mol. The van der Waals surface area contributed by atoms with E-state index in [0.717, 1.165) is 54.2 Å². The third-order valence-electron chi connectivity index (χ3n) is 7.24. The van der Waals surface area contributed by atoms with E-state index in [9.17, 15) is 10.1 Å². The largest absolute Gasteiger partial charge is 0.497 e. The van der Waals surface area contributed by atoms with Gasteiger partial charge in [-0.2, -0.15) is 10.4 Å². The molecule has 1 N–H and O–H groups in total. The number of carbonyl (C=O) groups is 1. The number of hydrogen-bond donors (Lipinski definition) is 1. The van der Waals surface area contributed by atoms with Crippen molar-refractivity contribution >= 4 is 17.2 Å². The van der Waals surface area contributed by atoms with Gasteiger partial charge in [0.25, 0.3) is 0 Å². The lowest BCUT2D eigenvalue weighted by Crippen LogP contribution is -2.53. The normalized spacial score (nSPS) is 14.2. The Morgan fingerprint density at radius 3 is 2.58 bits per heavy atom. The molecule has 202 valence electrons. The highest BCUT2D eigenvalue weighted by Crippen LogP contribution is 2.32. The number of piperidine rings is 1. The molecule has 40 heavy (non-hydrogen) atoms. The number of nitrogens with one attached hydrogen (secondary N) is 1. The van der Waals surface area contributed by atoms with Crippen LogP contribution in [-0.2, 0) is 11.2 Å². The van der Waals surface area contributed by atoms with Crippen LogP contribution >= 0.6 is 0 Å². The zero-order valence-corrected chi connectivity index (χ0v) is 22.6. The van der Waals surface area contributed by atoms with Crippen LogP contribution in [0.25, 0.3) is 16.6 Å². The molecule has 9 heteroatoms. The molecule has 1 aliphatic heterocycles. The van der Waals surface area contributed by atoms with Crippen molar-refractivity contribution in [1.82, 2.24) is 19.9 Å². The van der Waals surface area contributed by atoms with Crippen LogP contribution in [0.15, 0.2) is 61.1 Å². The van der Waals surface area contributed by atoms with Crippen molar-refractivity contribution in [3.05, 3.63) is 72.2 Å². The molecule has 1 aromatic carbocycles. The molecule has 1 saturated heterocycles. The van der Waals surface area contributed by atoms with Crippen molar-refractivity contribution in [3.63, 3.8) is 0 Å². The van der Waals surface area contributed by atoms with Crippen molar-refractivity contribution in [2.45, 2.75) is 31.7 Å². The Morgan fingerprint density at radius 1 is 1.15 bits per heavy atom. The Hall–Kier alpha value is -5.02. The second kappa shape index (κ2) is 11.4. The fourth-order valence-electron chi connectivity index (χ4n) is 5.00. The zero-order chi connectivity index (χ0) is 28.1. The first-order valence-corrected chi connectivity index (χ1v) is 13.0. The minimum Gasteiger partial charge on any atom is -0.497 e. The Morgan fingerprint density at radius 2 is 1.93 bits per heavy atom. The van der Waals surface area contributed by atoms with E-state index in [1.807, 2.05) is 42.5 Å². The van der Waals surface area contributed by atoms with Gasteiger partial charge < -0.3 is 19.7 Å². The van der Waals surface area contributed by atoms with Crippen LogP contribution in [0.5, 0.6) is 11.5 Å². The number of hydrogen-bond acceptors (Lipinski definition) is 7.